The molecule has 0 radical (unpaired) electrons. The van der Waals surface area contributed by atoms with Gasteiger partial charge in [0, 0.05) is 19.6 Å². The molecule has 1 saturated heterocycles. The number of nitrogens with two attached hydrogens (primary N) is 6. The van der Waals surface area contributed by atoms with Crippen molar-refractivity contribution in [3.63, 3.8) is 0 Å². The van der Waals surface area contributed by atoms with Crippen LogP contribution in [0.4, 0.5) is 0 Å². The number of aliphatic hydroxyl groups is 2. The Labute approximate surface area is 400 Å². The zero-order valence-electron chi connectivity index (χ0n) is 39.4. The maximum absolute atomic E-state index is 14.0. The van der Waals surface area contributed by atoms with Gasteiger partial charge in [-0.25, -0.2) is 4.79 Å². The number of carbonyl (C=O) groups excluding carboxylic acids is 8. The molecule has 0 aromatic heterocycles. The Morgan fingerprint density at radius 3 is 1.91 bits per heavy atom. The van der Waals surface area contributed by atoms with Gasteiger partial charge in [-0.05, 0) is 97.7 Å². The number of carboxylic acids is 1. The summed E-state index contributed by atoms with van der Waals surface area (Å²) in [5.41, 5.74) is 33.0. The van der Waals surface area contributed by atoms with E-state index < -0.39 is 127 Å². The van der Waals surface area contributed by atoms with Gasteiger partial charge in [-0.2, -0.15) is 0 Å². The zero-order chi connectivity index (χ0) is 52.2. The molecule has 28 nitrogen and oxygen atoms in total. The maximum Gasteiger partial charge on any atom is 0.352 e. The molecule has 8 amide bonds. The molecule has 9 atom stereocenters. The third-order valence-corrected chi connectivity index (χ3v) is 10.8. The second-order valence-electron chi connectivity index (χ2n) is 16.5. The highest BCUT2D eigenvalue weighted by atomic mass is 16.4. The molecule has 1 fully saturated rings. The number of aliphatic carboxylic acids is 1. The lowest BCUT2D eigenvalue weighted by Gasteiger charge is -2.31. The van der Waals surface area contributed by atoms with E-state index in [9.17, 15) is 58.5 Å². The quantitative estimate of drug-likeness (QED) is 0.0126. The third kappa shape index (κ3) is 22.3. The average Bonchev–Trinajstić information content (AvgIpc) is 3.80. The molecule has 0 unspecified atom stereocenters. The highest BCUT2D eigenvalue weighted by Crippen LogP contribution is 2.20. The number of hydrogen-bond donors (Lipinski definition) is 18. The maximum atomic E-state index is 14.0. The van der Waals surface area contributed by atoms with E-state index in [2.05, 4.69) is 42.5 Å². The van der Waals surface area contributed by atoms with Crippen molar-refractivity contribution in [2.24, 2.45) is 34.4 Å². The van der Waals surface area contributed by atoms with Crippen LogP contribution in [0, 0.1) is 5.41 Å². The molecule has 0 saturated carbocycles. The minimum absolute atomic E-state index is 0.00238. The number of aliphatic hydroxyl groups excluding tert-OH is 2. The Bertz CT molecular complexity index is 1770. The van der Waals surface area contributed by atoms with Crippen molar-refractivity contribution in [3.05, 3.63) is 11.8 Å². The molecule has 0 aromatic carbocycles. The van der Waals surface area contributed by atoms with Crippen molar-refractivity contribution in [2.45, 2.75) is 139 Å². The van der Waals surface area contributed by atoms with Gasteiger partial charge >= 0.3 is 5.97 Å². The minimum atomic E-state index is -1.65. The number of rotatable bonds is 33. The fourth-order valence-corrected chi connectivity index (χ4v) is 6.90. The van der Waals surface area contributed by atoms with E-state index in [1.54, 1.807) is 0 Å². The second kappa shape index (κ2) is 32.7. The first kappa shape index (κ1) is 61.0. The standard InChI is InChI=1S/C41H76N16O12/c1-22(51-38(66)32(29(59)20-45)56-34(62)24(46)10-3-5-15-42)33(61)50-21-30(60)52-26(12-7-17-44)39(67)57-19-9-14-28(57)36(64)55-31(23(2)58)37(65)53-25(11-4-6-16-43)35(63)54-27(40(68)69)13-8-18-49-41(47)48/h13,22-26,28-29,31-32,58-59H,3-12,14-21,42-46H2,1-2H3,(H,50,61)(H,51,66)(H,52,60)(H,53,65)(H,54,63)(H,55,64)(H,56,62)(H,68,69)(H4,47,48,49)/b27-13-/t22-,23+,24-,25-,26+,28-,29-,31-,32-/m0/s1. The number of nitrogens with one attached hydrogen (secondary N) is 9. The van der Waals surface area contributed by atoms with Gasteiger partial charge in [0.15, 0.2) is 5.96 Å². The Hall–Kier alpha value is -6.04. The largest absolute Gasteiger partial charge is 0.477 e. The van der Waals surface area contributed by atoms with E-state index in [0.717, 1.165) is 0 Å². The van der Waals surface area contributed by atoms with Gasteiger partial charge in [0.05, 0.1) is 24.8 Å². The monoisotopic (exact) mass is 985 g/mol. The molecule has 1 rings (SSSR count). The highest BCUT2D eigenvalue weighted by Gasteiger charge is 2.40. The van der Waals surface area contributed by atoms with Crippen LogP contribution < -0.4 is 76.9 Å². The summed E-state index contributed by atoms with van der Waals surface area (Å²) in [7, 11) is 0. The van der Waals surface area contributed by atoms with Crippen LogP contribution in [0.3, 0.4) is 0 Å². The van der Waals surface area contributed by atoms with E-state index in [0.29, 0.717) is 38.6 Å². The summed E-state index contributed by atoms with van der Waals surface area (Å²) in [5, 5.41) is 57.2. The number of likely N-dealkylation sites (tertiary alicyclic amines) is 1. The van der Waals surface area contributed by atoms with Crippen LogP contribution >= 0.6 is 0 Å². The molecule has 28 heteroatoms. The molecule has 1 aliphatic heterocycles. The summed E-state index contributed by atoms with van der Waals surface area (Å²) >= 11 is 0. The number of guanidine groups is 1. The number of nitrogens with zero attached hydrogens (tertiary/aromatic N) is 1. The van der Waals surface area contributed by atoms with Crippen LogP contribution in [0.25, 0.3) is 0 Å². The molecule has 24 N–H and O–H groups in total. The van der Waals surface area contributed by atoms with Crippen LogP contribution in [0.2, 0.25) is 0 Å². The van der Waals surface area contributed by atoms with Crippen LogP contribution in [0.15, 0.2) is 11.8 Å². The number of carboxylic acid groups (broad SMARTS) is 1. The first-order chi connectivity index (χ1) is 32.6. The van der Waals surface area contributed by atoms with Crippen molar-refractivity contribution >= 4 is 59.2 Å². The van der Waals surface area contributed by atoms with Crippen LogP contribution in [0.5, 0.6) is 0 Å². The molecule has 0 aromatic rings. The fourth-order valence-electron chi connectivity index (χ4n) is 6.90. The van der Waals surface area contributed by atoms with Crippen LogP contribution in [-0.2, 0) is 43.2 Å². The number of hydrogen-bond acceptors (Lipinski definition) is 17. The van der Waals surface area contributed by atoms with Crippen LogP contribution in [0.1, 0.15) is 84.5 Å². The molecule has 0 spiro atoms. The lowest BCUT2D eigenvalue weighted by atomic mass is 10.1. The van der Waals surface area contributed by atoms with Gasteiger partial charge in [0.1, 0.15) is 41.9 Å². The Morgan fingerprint density at radius 1 is 0.725 bits per heavy atom. The Morgan fingerprint density at radius 2 is 1.33 bits per heavy atom. The van der Waals surface area contributed by atoms with E-state index in [-0.39, 0.29) is 70.7 Å². The van der Waals surface area contributed by atoms with Gasteiger partial charge in [-0.3, -0.25) is 43.8 Å². The van der Waals surface area contributed by atoms with Gasteiger partial charge in [-0.1, -0.05) is 12.5 Å². The molecule has 392 valence electrons. The van der Waals surface area contributed by atoms with Crippen molar-refractivity contribution in [3.8, 4) is 0 Å². The van der Waals surface area contributed by atoms with Crippen LogP contribution in [-0.4, -0.2) is 180 Å². The summed E-state index contributed by atoms with van der Waals surface area (Å²) in [6, 6.07) is -9.26. The molecular weight excluding hydrogens is 909 g/mol. The Kier molecular flexibility index (Phi) is 28.9. The van der Waals surface area contributed by atoms with Gasteiger partial charge < -0.3 is 97.2 Å². The molecule has 1 heterocycles. The van der Waals surface area contributed by atoms with Crippen molar-refractivity contribution in [1.82, 2.24) is 47.4 Å². The van der Waals surface area contributed by atoms with E-state index >= 15 is 0 Å². The number of carbonyl (C=O) groups is 9. The lowest BCUT2D eigenvalue weighted by Crippen LogP contribution is -2.61. The van der Waals surface area contributed by atoms with Crippen molar-refractivity contribution in [1.29, 1.82) is 5.41 Å². The fraction of sp³-hybridized carbons (Fsp3) is 0.707. The molecule has 1 aliphatic rings. The highest BCUT2D eigenvalue weighted by molar-refractivity contribution is 5.99. The third-order valence-electron chi connectivity index (χ3n) is 10.8. The number of amides is 8. The number of unbranched alkanes of at least 4 members (excludes halogenated alkanes) is 2. The summed E-state index contributed by atoms with van der Waals surface area (Å²) in [6.07, 6.45) is 1.15. The summed E-state index contributed by atoms with van der Waals surface area (Å²) < 4.78 is 0. The van der Waals surface area contributed by atoms with Crippen molar-refractivity contribution < 1.29 is 58.5 Å². The smallest absolute Gasteiger partial charge is 0.352 e. The van der Waals surface area contributed by atoms with Gasteiger partial charge in [0.25, 0.3) is 0 Å². The first-order valence-electron chi connectivity index (χ1n) is 23.0. The van der Waals surface area contributed by atoms with Crippen molar-refractivity contribution in [2.75, 3.05) is 45.8 Å². The van der Waals surface area contributed by atoms with E-state index in [1.807, 2.05) is 0 Å². The summed E-state index contributed by atoms with van der Waals surface area (Å²) in [6.45, 7) is 2.35. The Balaban J connectivity index is 3.07. The lowest BCUT2D eigenvalue weighted by molar-refractivity contribution is -0.143. The predicted molar refractivity (Wildman–Crippen MR) is 250 cm³/mol. The summed E-state index contributed by atoms with van der Waals surface area (Å²) in [4.78, 5) is 120. The van der Waals surface area contributed by atoms with E-state index in [1.165, 1.54) is 24.8 Å². The molecule has 69 heavy (non-hydrogen) atoms. The van der Waals surface area contributed by atoms with Gasteiger partial charge in [-0.15, -0.1) is 0 Å². The molecule has 0 bridgehead atoms. The molecule has 0 aliphatic carbocycles. The zero-order valence-corrected chi connectivity index (χ0v) is 39.4. The predicted octanol–water partition coefficient (Wildman–Crippen LogP) is -7.48. The molecular formula is C41H76N16O12. The van der Waals surface area contributed by atoms with Gasteiger partial charge in [0.2, 0.25) is 47.3 Å². The normalized spacial score (nSPS) is 17.0. The first-order valence-corrected chi connectivity index (χ1v) is 23.0. The average molecular weight is 985 g/mol. The SMILES string of the molecule is C[C@H](NC(=O)[C@@H](NC(=O)[C@@H](N)CCCCN)[C@@H](O)CN)C(=O)NCC(=O)N[C@H](CCCN)C(=O)N1CCC[C@H]1C(=O)N[C@H](C(=O)N[C@@H](CCCCN)C(=O)N/C(=C\CCNC(=N)N)C(=O)O)[C@@H](C)O. The second-order valence-corrected chi connectivity index (χ2v) is 16.5. The minimum Gasteiger partial charge on any atom is -0.477 e. The van der Waals surface area contributed by atoms with E-state index in [4.69, 9.17) is 39.8 Å². The topological polar surface area (TPSA) is 494 Å². The summed E-state index contributed by atoms with van der Waals surface area (Å²) in [5.74, 6) is -8.59.